The first-order valence-electron chi connectivity index (χ1n) is 9.24. The number of carbonyl (C=O) groups is 1. The minimum absolute atomic E-state index is 0.0747. The van der Waals surface area contributed by atoms with Crippen molar-refractivity contribution in [1.29, 1.82) is 0 Å². The summed E-state index contributed by atoms with van der Waals surface area (Å²) < 4.78 is 12.7. The number of para-hydroxylation sites is 2. The van der Waals surface area contributed by atoms with Crippen molar-refractivity contribution in [2.75, 3.05) is 0 Å². The van der Waals surface area contributed by atoms with E-state index in [-0.39, 0.29) is 16.9 Å². The van der Waals surface area contributed by atoms with E-state index in [1.165, 1.54) is 24.3 Å². The van der Waals surface area contributed by atoms with Crippen molar-refractivity contribution in [3.05, 3.63) is 65.0 Å². The first-order valence-corrected chi connectivity index (χ1v) is 9.24. The molecular weight excluding hydrogens is 374 g/mol. The number of carbonyl (C=O) groups excluding carboxylic acids is 1. The van der Waals surface area contributed by atoms with Gasteiger partial charge in [-0.15, -0.1) is 0 Å². The van der Waals surface area contributed by atoms with E-state index in [0.29, 0.717) is 13.0 Å². The number of hydrogen-bond donors (Lipinski definition) is 0. The Labute approximate surface area is 168 Å². The van der Waals surface area contributed by atoms with Crippen LogP contribution in [0.3, 0.4) is 0 Å². The molecule has 0 aliphatic rings. The zero-order chi connectivity index (χ0) is 21.0. The van der Waals surface area contributed by atoms with Crippen LogP contribution >= 0.6 is 0 Å². The van der Waals surface area contributed by atoms with Crippen LogP contribution in [-0.2, 0) is 11.3 Å². The highest BCUT2D eigenvalue weighted by molar-refractivity contribution is 5.75. The number of imidazole rings is 1. The van der Waals surface area contributed by atoms with Crippen molar-refractivity contribution in [1.82, 2.24) is 9.55 Å². The van der Waals surface area contributed by atoms with Gasteiger partial charge in [-0.25, -0.2) is 9.78 Å². The van der Waals surface area contributed by atoms with Crippen molar-refractivity contribution in [2.45, 2.75) is 39.8 Å². The number of fused-ring (bicyclic) bond motifs is 1. The van der Waals surface area contributed by atoms with Crippen LogP contribution < -0.4 is 4.74 Å². The molecule has 3 aromatic rings. The molecule has 2 aromatic carbocycles. The van der Waals surface area contributed by atoms with E-state index < -0.39 is 17.2 Å². The smallest absolute Gasteiger partial charge is 0.429 e. The van der Waals surface area contributed by atoms with Crippen LogP contribution in [-0.4, -0.2) is 26.7 Å². The minimum Gasteiger partial charge on any atom is -0.429 e. The first kappa shape index (κ1) is 20.3. The number of nitro benzene ring substituents is 1. The molecule has 8 heteroatoms. The van der Waals surface area contributed by atoms with Gasteiger partial charge >= 0.3 is 6.16 Å². The van der Waals surface area contributed by atoms with Crippen LogP contribution in [0.15, 0.2) is 54.9 Å². The lowest BCUT2D eigenvalue weighted by Crippen LogP contribution is -2.29. The second kappa shape index (κ2) is 8.30. The van der Waals surface area contributed by atoms with E-state index in [4.69, 9.17) is 9.47 Å². The van der Waals surface area contributed by atoms with E-state index in [0.717, 1.165) is 11.0 Å². The van der Waals surface area contributed by atoms with Gasteiger partial charge in [-0.2, -0.15) is 0 Å². The topological polar surface area (TPSA) is 96.5 Å². The maximum Gasteiger partial charge on any atom is 0.514 e. The molecule has 0 saturated heterocycles. The van der Waals surface area contributed by atoms with E-state index in [2.05, 4.69) is 25.8 Å². The number of rotatable bonds is 6. The normalized spacial score (nSPS) is 12.5. The fourth-order valence-electron chi connectivity index (χ4n) is 3.09. The molecule has 0 fully saturated rings. The zero-order valence-corrected chi connectivity index (χ0v) is 16.6. The average Bonchev–Trinajstić information content (AvgIpc) is 3.03. The van der Waals surface area contributed by atoms with Crippen molar-refractivity contribution in [2.24, 2.45) is 5.41 Å². The van der Waals surface area contributed by atoms with E-state index in [1.807, 2.05) is 28.8 Å². The maximum atomic E-state index is 12.3. The third-order valence-corrected chi connectivity index (χ3v) is 4.28. The summed E-state index contributed by atoms with van der Waals surface area (Å²) in [7, 11) is 0. The van der Waals surface area contributed by atoms with E-state index in [9.17, 15) is 14.9 Å². The number of nitro groups is 1. The van der Waals surface area contributed by atoms with Crippen molar-refractivity contribution in [3.63, 3.8) is 0 Å². The monoisotopic (exact) mass is 397 g/mol. The van der Waals surface area contributed by atoms with Gasteiger partial charge in [0, 0.05) is 12.1 Å². The van der Waals surface area contributed by atoms with Gasteiger partial charge in [0.05, 0.1) is 28.8 Å². The second-order valence-electron chi connectivity index (χ2n) is 7.99. The van der Waals surface area contributed by atoms with Crippen LogP contribution in [0, 0.1) is 15.5 Å². The average molecular weight is 397 g/mol. The number of non-ortho nitro benzene ring substituents is 1. The molecule has 1 atom stereocenters. The van der Waals surface area contributed by atoms with Gasteiger partial charge in [0.2, 0.25) is 0 Å². The van der Waals surface area contributed by atoms with Crippen LogP contribution in [0.4, 0.5) is 10.5 Å². The molecule has 0 spiro atoms. The molecule has 0 aliphatic heterocycles. The van der Waals surface area contributed by atoms with Gasteiger partial charge in [-0.05, 0) is 36.1 Å². The molecule has 0 radical (unpaired) electrons. The van der Waals surface area contributed by atoms with Crippen molar-refractivity contribution >= 4 is 22.9 Å². The molecule has 152 valence electrons. The summed E-state index contributed by atoms with van der Waals surface area (Å²) >= 11 is 0. The SMILES string of the molecule is CC(C)(C)C[C@@H](Cn1cnc2ccccc21)OC(=O)Oc1ccc([N+](=O)[O-])cc1. The lowest BCUT2D eigenvalue weighted by atomic mass is 9.89. The molecule has 0 aliphatic carbocycles. The Balaban J connectivity index is 1.71. The standard InChI is InChI=1S/C21H23N3O5/c1-21(2,3)12-17(13-23-14-22-18-6-4-5-7-19(18)23)29-20(25)28-16-10-8-15(9-11-16)24(26)27/h4-11,14,17H,12-13H2,1-3H3/t17-/m0/s1. The van der Waals surface area contributed by atoms with Gasteiger partial charge < -0.3 is 14.0 Å². The van der Waals surface area contributed by atoms with Crippen LogP contribution in [0.2, 0.25) is 0 Å². The quantitative estimate of drug-likeness (QED) is 0.252. The summed E-state index contributed by atoms with van der Waals surface area (Å²) in [6.45, 7) is 6.64. The Morgan fingerprint density at radius 3 is 2.52 bits per heavy atom. The van der Waals surface area contributed by atoms with Crippen molar-refractivity contribution in [3.8, 4) is 5.75 Å². The molecule has 1 aromatic heterocycles. The predicted octanol–water partition coefficient (Wildman–Crippen LogP) is 4.96. The number of nitrogens with zero attached hydrogens (tertiary/aromatic N) is 3. The summed E-state index contributed by atoms with van der Waals surface area (Å²) in [5.74, 6) is 0.184. The highest BCUT2D eigenvalue weighted by Gasteiger charge is 2.24. The van der Waals surface area contributed by atoms with Gasteiger partial charge in [0.1, 0.15) is 11.9 Å². The Morgan fingerprint density at radius 1 is 1.17 bits per heavy atom. The zero-order valence-electron chi connectivity index (χ0n) is 16.6. The highest BCUT2D eigenvalue weighted by Crippen LogP contribution is 2.25. The summed E-state index contributed by atoms with van der Waals surface area (Å²) in [6.07, 6.45) is 1.07. The van der Waals surface area contributed by atoms with Gasteiger partial charge in [0.15, 0.2) is 0 Å². The molecule has 0 amide bonds. The minimum atomic E-state index is -0.850. The third-order valence-electron chi connectivity index (χ3n) is 4.28. The molecule has 0 unspecified atom stereocenters. The molecule has 29 heavy (non-hydrogen) atoms. The number of aromatic nitrogens is 2. The Morgan fingerprint density at radius 2 is 1.86 bits per heavy atom. The fraction of sp³-hybridized carbons (Fsp3) is 0.333. The molecule has 8 nitrogen and oxygen atoms in total. The third kappa shape index (κ3) is 5.54. The summed E-state index contributed by atoms with van der Waals surface area (Å²) in [6, 6.07) is 13.0. The van der Waals surface area contributed by atoms with Crippen LogP contribution in [0.5, 0.6) is 5.75 Å². The van der Waals surface area contributed by atoms with Gasteiger partial charge in [-0.1, -0.05) is 32.9 Å². The molecular formula is C21H23N3O5. The summed E-state index contributed by atoms with van der Waals surface area (Å²) in [5.41, 5.74) is 1.67. The number of ether oxygens (including phenoxy) is 2. The molecule has 0 N–H and O–H groups in total. The van der Waals surface area contributed by atoms with Crippen LogP contribution in [0.1, 0.15) is 27.2 Å². The van der Waals surface area contributed by atoms with Gasteiger partial charge in [0.25, 0.3) is 5.69 Å². The summed E-state index contributed by atoms with van der Waals surface area (Å²) in [4.78, 5) is 26.9. The molecule has 1 heterocycles. The second-order valence-corrected chi connectivity index (χ2v) is 7.99. The van der Waals surface area contributed by atoms with E-state index >= 15 is 0 Å². The Bertz CT molecular complexity index is 1010. The largest absolute Gasteiger partial charge is 0.514 e. The Hall–Kier alpha value is -3.42. The van der Waals surface area contributed by atoms with Gasteiger partial charge in [-0.3, -0.25) is 10.1 Å². The van der Waals surface area contributed by atoms with Crippen LogP contribution in [0.25, 0.3) is 11.0 Å². The highest BCUT2D eigenvalue weighted by atomic mass is 16.7. The number of benzene rings is 2. The number of hydrogen-bond acceptors (Lipinski definition) is 6. The molecule has 0 bridgehead atoms. The van der Waals surface area contributed by atoms with E-state index in [1.54, 1.807) is 6.33 Å². The lowest BCUT2D eigenvalue weighted by Gasteiger charge is -2.26. The fourth-order valence-corrected chi connectivity index (χ4v) is 3.09. The maximum absolute atomic E-state index is 12.3. The first-order chi connectivity index (χ1) is 13.7. The molecule has 0 saturated carbocycles. The summed E-state index contributed by atoms with van der Waals surface area (Å²) in [5, 5.41) is 10.7. The predicted molar refractivity (Wildman–Crippen MR) is 108 cm³/mol. The molecule has 3 rings (SSSR count). The van der Waals surface area contributed by atoms with Crippen molar-refractivity contribution < 1.29 is 19.2 Å². The Kier molecular flexibility index (Phi) is 5.81. The lowest BCUT2D eigenvalue weighted by molar-refractivity contribution is -0.384.